The highest BCUT2D eigenvalue weighted by molar-refractivity contribution is 7.92. The lowest BCUT2D eigenvalue weighted by Crippen LogP contribution is -2.16. The summed E-state index contributed by atoms with van der Waals surface area (Å²) in [5.41, 5.74) is 1.99. The largest absolute Gasteiger partial charge is 0.495 e. The Hall–Kier alpha value is -3.33. The molecule has 3 aromatic rings. The van der Waals surface area contributed by atoms with E-state index in [4.69, 9.17) is 4.74 Å². The number of anilines is 1. The number of rotatable bonds is 8. The van der Waals surface area contributed by atoms with Crippen LogP contribution in [0.5, 0.6) is 5.75 Å². The second-order valence-electron chi connectivity index (χ2n) is 8.34. The van der Waals surface area contributed by atoms with Gasteiger partial charge in [-0.1, -0.05) is 44.1 Å². The Morgan fingerprint density at radius 1 is 1.09 bits per heavy atom. The average molecular weight is 455 g/mol. The van der Waals surface area contributed by atoms with Crippen LogP contribution < -0.4 is 9.46 Å². The number of pyridine rings is 2. The number of sulfonamides is 1. The smallest absolute Gasteiger partial charge is 0.263 e. The van der Waals surface area contributed by atoms with E-state index in [1.165, 1.54) is 13.2 Å². The number of hydrogen-bond donors (Lipinski definition) is 1. The van der Waals surface area contributed by atoms with Gasteiger partial charge in [0.05, 0.1) is 17.7 Å². The first-order chi connectivity index (χ1) is 15.1. The van der Waals surface area contributed by atoms with Crippen molar-refractivity contribution in [2.24, 2.45) is 5.18 Å². The normalized spacial score (nSPS) is 12.8. The summed E-state index contributed by atoms with van der Waals surface area (Å²) in [4.78, 5) is 20.0. The highest BCUT2D eigenvalue weighted by Gasteiger charge is 2.21. The van der Waals surface area contributed by atoms with Gasteiger partial charge >= 0.3 is 0 Å². The van der Waals surface area contributed by atoms with E-state index in [1.807, 2.05) is 0 Å². The number of methoxy groups -OCH3 is 1. The van der Waals surface area contributed by atoms with Gasteiger partial charge in [0.15, 0.2) is 0 Å². The lowest BCUT2D eigenvalue weighted by Gasteiger charge is -2.19. The van der Waals surface area contributed by atoms with Gasteiger partial charge in [0.25, 0.3) is 10.0 Å². The number of nitrogens with zero attached hydrogens (tertiary/aromatic N) is 3. The van der Waals surface area contributed by atoms with Gasteiger partial charge < -0.3 is 4.74 Å². The van der Waals surface area contributed by atoms with E-state index >= 15 is 0 Å². The summed E-state index contributed by atoms with van der Waals surface area (Å²) in [5.74, 6) is 0.552. The van der Waals surface area contributed by atoms with Gasteiger partial charge in [-0.25, -0.2) is 13.4 Å². The number of aromatic nitrogens is 2. The van der Waals surface area contributed by atoms with E-state index < -0.39 is 16.1 Å². The SMILES string of the molecule is COc1ccc(NS(=O)(=O)c2ccc(C(C)(C)C)cc2)nc1CC(N=O)c1cccnc1. The molecule has 1 N–H and O–H groups in total. The van der Waals surface area contributed by atoms with Crippen molar-refractivity contribution in [3.63, 3.8) is 0 Å². The van der Waals surface area contributed by atoms with E-state index in [-0.39, 0.29) is 22.5 Å². The van der Waals surface area contributed by atoms with Crippen molar-refractivity contribution in [1.82, 2.24) is 9.97 Å². The Bertz CT molecular complexity index is 1170. The third-order valence-corrected chi connectivity index (χ3v) is 6.38. The highest BCUT2D eigenvalue weighted by atomic mass is 32.2. The predicted octanol–water partition coefficient (Wildman–Crippen LogP) is 4.63. The van der Waals surface area contributed by atoms with Crippen LogP contribution in [0.1, 0.15) is 43.6 Å². The van der Waals surface area contributed by atoms with Gasteiger partial charge in [-0.2, -0.15) is 4.91 Å². The van der Waals surface area contributed by atoms with Crippen molar-refractivity contribution in [2.45, 2.75) is 43.5 Å². The Morgan fingerprint density at radius 2 is 1.81 bits per heavy atom. The second kappa shape index (κ2) is 9.44. The molecule has 2 heterocycles. The van der Waals surface area contributed by atoms with Gasteiger partial charge in [0.2, 0.25) is 0 Å². The summed E-state index contributed by atoms with van der Waals surface area (Å²) < 4.78 is 33.6. The molecule has 3 rings (SSSR count). The zero-order valence-corrected chi connectivity index (χ0v) is 19.3. The highest BCUT2D eigenvalue weighted by Crippen LogP contribution is 2.28. The minimum atomic E-state index is -3.85. The molecule has 0 aliphatic heterocycles. The summed E-state index contributed by atoms with van der Waals surface area (Å²) in [7, 11) is -2.37. The first-order valence-corrected chi connectivity index (χ1v) is 11.5. The van der Waals surface area contributed by atoms with Crippen LogP contribution in [0.25, 0.3) is 0 Å². The lowest BCUT2D eigenvalue weighted by atomic mass is 9.87. The Morgan fingerprint density at radius 3 is 2.38 bits per heavy atom. The van der Waals surface area contributed by atoms with E-state index in [1.54, 1.807) is 54.9 Å². The quantitative estimate of drug-likeness (QED) is 0.497. The summed E-state index contributed by atoms with van der Waals surface area (Å²) in [5, 5.41) is 3.18. The number of benzene rings is 1. The van der Waals surface area contributed by atoms with Crippen LogP contribution >= 0.6 is 0 Å². The summed E-state index contributed by atoms with van der Waals surface area (Å²) in [6.07, 6.45) is 3.30. The Kier molecular flexibility index (Phi) is 6.88. The van der Waals surface area contributed by atoms with Crippen molar-refractivity contribution >= 4 is 15.8 Å². The van der Waals surface area contributed by atoms with Crippen LogP contribution in [0, 0.1) is 4.91 Å². The van der Waals surface area contributed by atoms with Gasteiger partial charge in [0, 0.05) is 18.8 Å². The first kappa shape index (κ1) is 23.3. The molecule has 168 valence electrons. The van der Waals surface area contributed by atoms with Crippen molar-refractivity contribution in [1.29, 1.82) is 0 Å². The molecule has 2 aromatic heterocycles. The van der Waals surface area contributed by atoms with Crippen LogP contribution in [0.3, 0.4) is 0 Å². The van der Waals surface area contributed by atoms with Crippen LogP contribution in [0.4, 0.5) is 5.82 Å². The Balaban J connectivity index is 1.86. The number of nitroso groups, excluding NO2 is 1. The Labute approximate surface area is 188 Å². The van der Waals surface area contributed by atoms with Gasteiger partial charge in [-0.15, -0.1) is 0 Å². The fraction of sp³-hybridized carbons (Fsp3) is 0.304. The molecule has 0 saturated heterocycles. The van der Waals surface area contributed by atoms with Crippen molar-refractivity contribution in [3.8, 4) is 5.75 Å². The molecule has 0 saturated carbocycles. The van der Waals surface area contributed by atoms with E-state index in [9.17, 15) is 13.3 Å². The molecule has 1 unspecified atom stereocenters. The monoisotopic (exact) mass is 454 g/mol. The van der Waals surface area contributed by atoms with Crippen LogP contribution in [-0.2, 0) is 21.9 Å². The molecule has 1 atom stereocenters. The van der Waals surface area contributed by atoms with Gasteiger partial charge in [-0.3, -0.25) is 9.71 Å². The fourth-order valence-corrected chi connectivity index (χ4v) is 4.18. The molecule has 32 heavy (non-hydrogen) atoms. The molecule has 0 amide bonds. The molecular weight excluding hydrogens is 428 g/mol. The molecule has 0 spiro atoms. The second-order valence-corrected chi connectivity index (χ2v) is 10.0. The molecule has 0 aliphatic rings. The molecule has 8 nitrogen and oxygen atoms in total. The van der Waals surface area contributed by atoms with E-state index in [0.717, 1.165) is 5.56 Å². The molecule has 9 heteroatoms. The molecule has 0 bridgehead atoms. The number of ether oxygens (including phenoxy) is 1. The minimum Gasteiger partial charge on any atom is -0.495 e. The molecular formula is C23H26N4O4S. The third kappa shape index (κ3) is 5.47. The van der Waals surface area contributed by atoms with Crippen LogP contribution in [0.2, 0.25) is 0 Å². The van der Waals surface area contributed by atoms with Crippen molar-refractivity contribution in [3.05, 3.63) is 82.7 Å². The number of hydrogen-bond acceptors (Lipinski definition) is 7. The molecule has 0 fully saturated rings. The van der Waals surface area contributed by atoms with E-state index in [0.29, 0.717) is 17.0 Å². The maximum atomic E-state index is 12.9. The zero-order valence-electron chi connectivity index (χ0n) is 18.4. The maximum Gasteiger partial charge on any atom is 0.263 e. The minimum absolute atomic E-state index is 0.0837. The molecule has 0 radical (unpaired) electrons. The maximum absolute atomic E-state index is 12.9. The van der Waals surface area contributed by atoms with Crippen LogP contribution in [-0.4, -0.2) is 25.5 Å². The topological polar surface area (TPSA) is 111 Å². The predicted molar refractivity (Wildman–Crippen MR) is 123 cm³/mol. The first-order valence-electron chi connectivity index (χ1n) is 10.0. The van der Waals surface area contributed by atoms with Gasteiger partial charge in [0.1, 0.15) is 17.6 Å². The third-order valence-electron chi connectivity index (χ3n) is 5.01. The van der Waals surface area contributed by atoms with Gasteiger partial charge in [-0.05, 0) is 46.9 Å². The van der Waals surface area contributed by atoms with Crippen molar-refractivity contribution < 1.29 is 13.2 Å². The van der Waals surface area contributed by atoms with E-state index in [2.05, 4.69) is 40.6 Å². The van der Waals surface area contributed by atoms with Crippen molar-refractivity contribution in [2.75, 3.05) is 11.8 Å². The molecule has 0 aliphatic carbocycles. The standard InChI is InChI=1S/C23H26N4O4S/c1-23(2,3)17-7-9-18(10-8-17)32(29,30)27-22-12-11-21(31-4)20(25-22)14-19(26-28)16-6-5-13-24-15-16/h5-13,15,19H,14H2,1-4H3,(H,25,27). The zero-order chi connectivity index (χ0) is 23.4. The average Bonchev–Trinajstić information content (AvgIpc) is 2.77. The lowest BCUT2D eigenvalue weighted by molar-refractivity contribution is 0.405. The summed E-state index contributed by atoms with van der Waals surface area (Å²) in [6, 6.07) is 12.6. The number of nitrogens with one attached hydrogen (secondary N) is 1. The molecule has 1 aromatic carbocycles. The summed E-state index contributed by atoms with van der Waals surface area (Å²) in [6.45, 7) is 6.18. The summed E-state index contributed by atoms with van der Waals surface area (Å²) >= 11 is 0. The van der Waals surface area contributed by atoms with Crippen LogP contribution in [0.15, 0.2) is 71.0 Å². The fourth-order valence-electron chi connectivity index (χ4n) is 3.18.